The van der Waals surface area contributed by atoms with Crippen LogP contribution in [0.3, 0.4) is 0 Å². The van der Waals surface area contributed by atoms with Crippen molar-refractivity contribution in [2.45, 2.75) is 33.5 Å². The largest absolute Gasteiger partial charge is 0.348 e. The fourth-order valence-electron chi connectivity index (χ4n) is 4.59. The van der Waals surface area contributed by atoms with Crippen molar-refractivity contribution in [2.24, 2.45) is 0 Å². The lowest BCUT2D eigenvalue weighted by Gasteiger charge is -2.15. The van der Waals surface area contributed by atoms with E-state index in [9.17, 15) is 14.4 Å². The van der Waals surface area contributed by atoms with Crippen LogP contribution in [-0.2, 0) is 19.6 Å². The van der Waals surface area contributed by atoms with Crippen LogP contribution < -0.4 is 16.6 Å². The molecule has 6 nitrogen and oxygen atoms in total. The summed E-state index contributed by atoms with van der Waals surface area (Å²) >= 11 is 0. The summed E-state index contributed by atoms with van der Waals surface area (Å²) < 4.78 is 2.92. The van der Waals surface area contributed by atoms with Crippen molar-refractivity contribution in [1.29, 1.82) is 0 Å². The fourth-order valence-corrected chi connectivity index (χ4v) is 4.59. The smallest absolute Gasteiger partial charge is 0.332 e. The molecule has 5 aromatic rings. The molecule has 0 spiro atoms. The molecule has 0 atom stereocenters. The molecule has 1 heterocycles. The lowest BCUT2D eigenvalue weighted by molar-refractivity contribution is 0.0951. The zero-order valence-corrected chi connectivity index (χ0v) is 21.5. The molecular weight excluding hydrogens is 474 g/mol. The summed E-state index contributed by atoms with van der Waals surface area (Å²) in [7, 11) is 0. The fraction of sp³-hybridized carbons (Fsp3) is 0.156. The van der Waals surface area contributed by atoms with Crippen LogP contribution in [0.15, 0.2) is 107 Å². The number of carbonyl (C=O) groups excluding carboxylic acids is 1. The lowest BCUT2D eigenvalue weighted by Crippen LogP contribution is -2.40. The normalized spacial score (nSPS) is 11.0. The van der Waals surface area contributed by atoms with Gasteiger partial charge in [0.15, 0.2) is 0 Å². The van der Waals surface area contributed by atoms with Crippen LogP contribution in [0.4, 0.5) is 0 Å². The molecule has 1 N–H and O–H groups in total. The third kappa shape index (κ3) is 5.34. The zero-order valence-electron chi connectivity index (χ0n) is 21.5. The first kappa shape index (κ1) is 25.0. The molecule has 0 radical (unpaired) electrons. The molecule has 4 aromatic carbocycles. The van der Waals surface area contributed by atoms with Crippen LogP contribution in [0, 0.1) is 13.8 Å². The summed E-state index contributed by atoms with van der Waals surface area (Å²) in [6.07, 6.45) is 0. The maximum absolute atomic E-state index is 13.6. The second kappa shape index (κ2) is 10.7. The highest BCUT2D eigenvalue weighted by Crippen LogP contribution is 2.13. The van der Waals surface area contributed by atoms with Crippen molar-refractivity contribution < 1.29 is 4.79 Å². The van der Waals surface area contributed by atoms with E-state index in [4.69, 9.17) is 0 Å². The van der Waals surface area contributed by atoms with Gasteiger partial charge in [0.25, 0.3) is 11.5 Å². The van der Waals surface area contributed by atoms with Gasteiger partial charge in [0.1, 0.15) is 0 Å². The minimum absolute atomic E-state index is 0.113. The number of benzene rings is 4. The van der Waals surface area contributed by atoms with E-state index in [1.165, 1.54) is 10.1 Å². The minimum atomic E-state index is -0.366. The highest BCUT2D eigenvalue weighted by atomic mass is 16.2. The Morgan fingerprint density at radius 2 is 1.37 bits per heavy atom. The number of nitrogens with one attached hydrogen (secondary N) is 1. The van der Waals surface area contributed by atoms with Crippen molar-refractivity contribution in [1.82, 2.24) is 14.5 Å². The van der Waals surface area contributed by atoms with Crippen LogP contribution >= 0.6 is 0 Å². The lowest BCUT2D eigenvalue weighted by atomic mass is 10.1. The van der Waals surface area contributed by atoms with Crippen molar-refractivity contribution >= 4 is 16.8 Å². The number of aryl methyl sites for hydroxylation is 2. The molecule has 38 heavy (non-hydrogen) atoms. The van der Waals surface area contributed by atoms with Crippen LogP contribution in [0.25, 0.3) is 10.9 Å². The van der Waals surface area contributed by atoms with Gasteiger partial charge in [-0.25, -0.2) is 4.79 Å². The van der Waals surface area contributed by atoms with E-state index in [-0.39, 0.29) is 23.7 Å². The van der Waals surface area contributed by atoms with Crippen molar-refractivity contribution in [3.05, 3.63) is 151 Å². The van der Waals surface area contributed by atoms with Gasteiger partial charge in [0.2, 0.25) is 0 Å². The second-order valence-corrected chi connectivity index (χ2v) is 9.63. The first-order valence-electron chi connectivity index (χ1n) is 12.6. The Hall–Kier alpha value is -4.71. The number of hydrogen-bond donors (Lipinski definition) is 1. The van der Waals surface area contributed by atoms with Gasteiger partial charge in [-0.15, -0.1) is 0 Å². The molecule has 5 rings (SSSR count). The number of para-hydroxylation sites is 1. The molecular formula is C32H29N3O3. The molecule has 6 heteroatoms. The number of hydrogen-bond acceptors (Lipinski definition) is 3. The first-order chi connectivity index (χ1) is 18.4. The number of nitrogens with zero attached hydrogens (tertiary/aromatic N) is 2. The van der Waals surface area contributed by atoms with Crippen molar-refractivity contribution in [3.8, 4) is 0 Å². The Morgan fingerprint density at radius 3 is 2.11 bits per heavy atom. The van der Waals surface area contributed by atoms with Crippen LogP contribution in [0.5, 0.6) is 0 Å². The molecule has 190 valence electrons. The summed E-state index contributed by atoms with van der Waals surface area (Å²) in [5.41, 5.74) is 5.49. The second-order valence-electron chi connectivity index (χ2n) is 9.63. The zero-order chi connectivity index (χ0) is 26.6. The number of rotatable bonds is 7. The topological polar surface area (TPSA) is 73.1 Å². The molecule has 1 amide bonds. The average molecular weight is 504 g/mol. The van der Waals surface area contributed by atoms with Crippen LogP contribution in [-0.4, -0.2) is 15.0 Å². The number of fused-ring (bicyclic) bond motifs is 1. The summed E-state index contributed by atoms with van der Waals surface area (Å²) in [6.45, 7) is 4.95. The number of carbonyl (C=O) groups is 1. The van der Waals surface area contributed by atoms with Crippen molar-refractivity contribution in [2.75, 3.05) is 0 Å². The molecule has 0 saturated heterocycles. The van der Waals surface area contributed by atoms with E-state index in [2.05, 4.69) is 5.32 Å². The highest BCUT2D eigenvalue weighted by Gasteiger charge is 2.14. The Balaban J connectivity index is 1.40. The predicted molar refractivity (Wildman–Crippen MR) is 151 cm³/mol. The Kier molecular flexibility index (Phi) is 7.05. The maximum atomic E-state index is 13.6. The van der Waals surface area contributed by atoms with E-state index in [1.807, 2.05) is 74.5 Å². The quantitative estimate of drug-likeness (QED) is 0.347. The van der Waals surface area contributed by atoms with Crippen molar-refractivity contribution in [3.63, 3.8) is 0 Å². The van der Waals surface area contributed by atoms with E-state index >= 15 is 0 Å². The van der Waals surface area contributed by atoms with Crippen LogP contribution in [0.2, 0.25) is 0 Å². The van der Waals surface area contributed by atoms with E-state index in [0.717, 1.165) is 22.3 Å². The summed E-state index contributed by atoms with van der Waals surface area (Å²) in [4.78, 5) is 39.5. The SMILES string of the molecule is Cc1ccc(CNC(=O)c2ccc(Cn3c(=O)c4ccccc4n(Cc4cccc(C)c4)c3=O)cc2)cc1. The molecule has 0 bridgehead atoms. The third-order valence-electron chi connectivity index (χ3n) is 6.69. The van der Waals surface area contributed by atoms with E-state index in [0.29, 0.717) is 29.6 Å². The minimum Gasteiger partial charge on any atom is -0.348 e. The molecule has 0 saturated carbocycles. The molecule has 1 aromatic heterocycles. The Bertz CT molecular complexity index is 1730. The first-order valence-corrected chi connectivity index (χ1v) is 12.6. The maximum Gasteiger partial charge on any atom is 0.332 e. The molecule has 0 aliphatic carbocycles. The van der Waals surface area contributed by atoms with Gasteiger partial charge < -0.3 is 5.32 Å². The van der Waals surface area contributed by atoms with Gasteiger partial charge >= 0.3 is 5.69 Å². The van der Waals surface area contributed by atoms with Gasteiger partial charge in [0.05, 0.1) is 24.0 Å². The number of amides is 1. The molecule has 0 aliphatic heterocycles. The van der Waals surface area contributed by atoms with Gasteiger partial charge in [-0.1, -0.05) is 83.9 Å². The van der Waals surface area contributed by atoms with E-state index in [1.54, 1.807) is 41.0 Å². The van der Waals surface area contributed by atoms with E-state index < -0.39 is 0 Å². The average Bonchev–Trinajstić information content (AvgIpc) is 2.93. The van der Waals surface area contributed by atoms with Gasteiger partial charge in [0, 0.05) is 12.1 Å². The van der Waals surface area contributed by atoms with Crippen LogP contribution in [0.1, 0.15) is 38.2 Å². The summed E-state index contributed by atoms with van der Waals surface area (Å²) in [6, 6.07) is 30.2. The summed E-state index contributed by atoms with van der Waals surface area (Å²) in [5.74, 6) is -0.180. The Labute approximate surface area is 220 Å². The molecule has 0 aliphatic rings. The van der Waals surface area contributed by atoms with Gasteiger partial charge in [-0.05, 0) is 54.8 Å². The summed E-state index contributed by atoms with van der Waals surface area (Å²) in [5, 5.41) is 3.42. The third-order valence-corrected chi connectivity index (χ3v) is 6.69. The highest BCUT2D eigenvalue weighted by molar-refractivity contribution is 5.94. The molecule has 0 unspecified atom stereocenters. The number of aromatic nitrogens is 2. The Morgan fingerprint density at radius 1 is 0.684 bits per heavy atom. The standard InChI is InChI=1S/C32H29N3O3/c1-22-10-12-24(13-11-22)19-33-30(36)27-16-14-25(15-17-27)20-35-31(37)28-8-3-4-9-29(28)34(32(35)38)21-26-7-5-6-23(2)18-26/h3-18H,19-21H2,1-2H3,(H,33,36). The van der Waals surface area contributed by atoms with Gasteiger partial charge in [-0.3, -0.25) is 18.7 Å². The van der Waals surface area contributed by atoms with Gasteiger partial charge in [-0.2, -0.15) is 0 Å². The molecule has 0 fully saturated rings. The monoisotopic (exact) mass is 503 g/mol. The predicted octanol–water partition coefficient (Wildman–Crippen LogP) is 4.81.